The number of aromatic nitrogens is 1. The lowest BCUT2D eigenvalue weighted by Crippen LogP contribution is -1.85. The molecule has 0 saturated heterocycles. The predicted octanol–water partition coefficient (Wildman–Crippen LogP) is 3.91. The summed E-state index contributed by atoms with van der Waals surface area (Å²) in [4.78, 5) is 3.56. The Bertz CT molecular complexity index is 491. The molecular weight excluding hydrogens is 182 g/mol. The largest absolute Gasteiger partial charge is 0.358 e. The maximum Gasteiger partial charge on any atom is 0.0491 e. The fourth-order valence-corrected chi connectivity index (χ4v) is 2.34. The van der Waals surface area contributed by atoms with E-state index in [1.807, 2.05) is 0 Å². The van der Waals surface area contributed by atoms with E-state index in [2.05, 4.69) is 44.8 Å². The van der Waals surface area contributed by atoms with Crippen molar-refractivity contribution in [3.05, 3.63) is 34.5 Å². The average molecular weight is 201 g/mol. The molecule has 0 saturated carbocycles. The fraction of sp³-hybridized carbons (Fsp3) is 0.429. The number of nitrogens with one attached hydrogen (secondary N) is 1. The van der Waals surface area contributed by atoms with Crippen LogP contribution in [0.5, 0.6) is 0 Å². The third-order valence-corrected chi connectivity index (χ3v) is 3.23. The Hall–Kier alpha value is -1.24. The Morgan fingerprint density at radius 2 is 1.80 bits per heavy atom. The molecule has 1 N–H and O–H groups in total. The molecule has 0 fully saturated rings. The van der Waals surface area contributed by atoms with Gasteiger partial charge in [0.1, 0.15) is 0 Å². The first kappa shape index (κ1) is 10.3. The lowest BCUT2D eigenvalue weighted by Gasteiger charge is -2.02. The van der Waals surface area contributed by atoms with Crippen molar-refractivity contribution in [3.8, 4) is 0 Å². The van der Waals surface area contributed by atoms with E-state index < -0.39 is 0 Å². The first-order valence-electron chi connectivity index (χ1n) is 5.78. The molecule has 1 heterocycles. The molecule has 0 aliphatic heterocycles. The van der Waals surface area contributed by atoms with Crippen molar-refractivity contribution in [2.75, 3.05) is 0 Å². The summed E-state index contributed by atoms with van der Waals surface area (Å²) in [7, 11) is 0. The smallest absolute Gasteiger partial charge is 0.0491 e. The van der Waals surface area contributed by atoms with Gasteiger partial charge in [-0.1, -0.05) is 25.5 Å². The Balaban J connectivity index is 2.81. The van der Waals surface area contributed by atoms with Crippen LogP contribution in [0.4, 0.5) is 0 Å². The second kappa shape index (κ2) is 3.73. The Kier molecular flexibility index (Phi) is 2.56. The summed E-state index contributed by atoms with van der Waals surface area (Å²) in [5.74, 6) is 0. The highest BCUT2D eigenvalue weighted by Gasteiger charge is 2.09. The minimum absolute atomic E-state index is 1.09. The van der Waals surface area contributed by atoms with E-state index in [-0.39, 0.29) is 0 Å². The number of aromatic amines is 1. The van der Waals surface area contributed by atoms with E-state index in [0.717, 1.165) is 12.8 Å². The van der Waals surface area contributed by atoms with Gasteiger partial charge >= 0.3 is 0 Å². The van der Waals surface area contributed by atoms with Crippen molar-refractivity contribution in [1.29, 1.82) is 0 Å². The van der Waals surface area contributed by atoms with Crippen molar-refractivity contribution >= 4 is 10.9 Å². The summed E-state index contributed by atoms with van der Waals surface area (Å²) in [6, 6.07) is 4.58. The predicted molar refractivity (Wildman–Crippen MR) is 66.5 cm³/mol. The zero-order valence-corrected chi connectivity index (χ0v) is 10.1. The van der Waals surface area contributed by atoms with Gasteiger partial charge in [0.25, 0.3) is 0 Å². The maximum atomic E-state index is 3.56. The van der Waals surface area contributed by atoms with Gasteiger partial charge in [-0.3, -0.25) is 0 Å². The van der Waals surface area contributed by atoms with Gasteiger partial charge in [-0.05, 0) is 43.9 Å². The SMILES string of the molecule is CCc1[nH]c2c(CC)cc(C)cc2c1C. The van der Waals surface area contributed by atoms with Gasteiger partial charge in [-0.25, -0.2) is 0 Å². The van der Waals surface area contributed by atoms with Crippen LogP contribution < -0.4 is 0 Å². The van der Waals surface area contributed by atoms with E-state index in [1.165, 1.54) is 33.3 Å². The van der Waals surface area contributed by atoms with E-state index in [4.69, 9.17) is 0 Å². The van der Waals surface area contributed by atoms with Gasteiger partial charge in [-0.2, -0.15) is 0 Å². The number of aryl methyl sites for hydroxylation is 4. The van der Waals surface area contributed by atoms with Crippen molar-refractivity contribution in [2.24, 2.45) is 0 Å². The standard InChI is InChI=1S/C14H19N/c1-5-11-7-9(3)8-12-10(4)13(6-2)15-14(11)12/h7-8,15H,5-6H2,1-4H3. The molecule has 0 atom stereocenters. The third-order valence-electron chi connectivity index (χ3n) is 3.23. The highest BCUT2D eigenvalue weighted by atomic mass is 14.7. The van der Waals surface area contributed by atoms with Gasteiger partial charge < -0.3 is 4.98 Å². The highest BCUT2D eigenvalue weighted by molar-refractivity contribution is 5.87. The average Bonchev–Trinajstić information content (AvgIpc) is 2.55. The van der Waals surface area contributed by atoms with E-state index in [9.17, 15) is 0 Å². The van der Waals surface area contributed by atoms with Gasteiger partial charge in [0.05, 0.1) is 0 Å². The molecule has 2 rings (SSSR count). The summed E-state index contributed by atoms with van der Waals surface area (Å²) in [5.41, 5.74) is 6.95. The van der Waals surface area contributed by atoms with Crippen LogP contribution in [-0.4, -0.2) is 4.98 Å². The molecule has 80 valence electrons. The van der Waals surface area contributed by atoms with E-state index in [0.29, 0.717) is 0 Å². The normalized spacial score (nSPS) is 11.2. The van der Waals surface area contributed by atoms with Crippen molar-refractivity contribution in [1.82, 2.24) is 4.98 Å². The van der Waals surface area contributed by atoms with Crippen LogP contribution in [0.2, 0.25) is 0 Å². The molecule has 1 aromatic heterocycles. The molecule has 0 bridgehead atoms. The molecule has 2 aromatic rings. The van der Waals surface area contributed by atoms with Crippen molar-refractivity contribution in [3.63, 3.8) is 0 Å². The third kappa shape index (κ3) is 1.56. The zero-order chi connectivity index (χ0) is 11.0. The Morgan fingerprint density at radius 1 is 1.07 bits per heavy atom. The lowest BCUT2D eigenvalue weighted by atomic mass is 10.0. The quantitative estimate of drug-likeness (QED) is 0.758. The Labute approximate surface area is 91.5 Å². The van der Waals surface area contributed by atoms with Crippen LogP contribution in [0.15, 0.2) is 12.1 Å². The lowest BCUT2D eigenvalue weighted by molar-refractivity contribution is 1.05. The second-order valence-electron chi connectivity index (χ2n) is 4.28. The zero-order valence-electron chi connectivity index (χ0n) is 10.1. The van der Waals surface area contributed by atoms with Gasteiger partial charge in [0.15, 0.2) is 0 Å². The molecule has 0 spiro atoms. The summed E-state index contributed by atoms with van der Waals surface area (Å²) in [5, 5.41) is 1.41. The number of H-pyrrole nitrogens is 1. The monoisotopic (exact) mass is 201 g/mol. The minimum atomic E-state index is 1.09. The molecule has 1 heteroatoms. The summed E-state index contributed by atoms with van der Waals surface area (Å²) < 4.78 is 0. The molecule has 0 aliphatic rings. The van der Waals surface area contributed by atoms with E-state index in [1.54, 1.807) is 0 Å². The fourth-order valence-electron chi connectivity index (χ4n) is 2.34. The summed E-state index contributed by atoms with van der Waals surface area (Å²) in [6.07, 6.45) is 2.18. The van der Waals surface area contributed by atoms with Crippen molar-refractivity contribution in [2.45, 2.75) is 40.5 Å². The van der Waals surface area contributed by atoms with Crippen LogP contribution in [0.3, 0.4) is 0 Å². The molecule has 0 aliphatic carbocycles. The van der Waals surface area contributed by atoms with Gasteiger partial charge in [0, 0.05) is 16.6 Å². The van der Waals surface area contributed by atoms with Crippen LogP contribution in [-0.2, 0) is 12.8 Å². The summed E-state index contributed by atoms with van der Waals surface area (Å²) >= 11 is 0. The molecule has 0 unspecified atom stereocenters. The van der Waals surface area contributed by atoms with Crippen LogP contribution in [0.1, 0.15) is 36.2 Å². The molecule has 1 aromatic carbocycles. The molecular formula is C14H19N. The topological polar surface area (TPSA) is 15.8 Å². The number of benzene rings is 1. The molecule has 1 nitrogen and oxygen atoms in total. The van der Waals surface area contributed by atoms with E-state index >= 15 is 0 Å². The second-order valence-corrected chi connectivity index (χ2v) is 4.28. The first-order valence-corrected chi connectivity index (χ1v) is 5.78. The maximum absolute atomic E-state index is 3.56. The van der Waals surface area contributed by atoms with Crippen LogP contribution >= 0.6 is 0 Å². The minimum Gasteiger partial charge on any atom is -0.358 e. The van der Waals surface area contributed by atoms with Crippen LogP contribution in [0, 0.1) is 13.8 Å². The number of rotatable bonds is 2. The number of fused-ring (bicyclic) bond motifs is 1. The molecule has 0 amide bonds. The number of hydrogen-bond acceptors (Lipinski definition) is 0. The first-order chi connectivity index (χ1) is 7.17. The summed E-state index contributed by atoms with van der Waals surface area (Å²) in [6.45, 7) is 8.82. The highest BCUT2D eigenvalue weighted by Crippen LogP contribution is 2.26. The number of hydrogen-bond donors (Lipinski definition) is 1. The van der Waals surface area contributed by atoms with Gasteiger partial charge in [0.2, 0.25) is 0 Å². The molecule has 0 radical (unpaired) electrons. The van der Waals surface area contributed by atoms with Crippen LogP contribution in [0.25, 0.3) is 10.9 Å². The molecule has 15 heavy (non-hydrogen) atoms. The van der Waals surface area contributed by atoms with Crippen molar-refractivity contribution < 1.29 is 0 Å². The Morgan fingerprint density at radius 3 is 2.40 bits per heavy atom. The van der Waals surface area contributed by atoms with Gasteiger partial charge in [-0.15, -0.1) is 0 Å².